The fourth-order valence-electron chi connectivity index (χ4n) is 2.74. The molecule has 0 saturated carbocycles. The molecule has 23 heavy (non-hydrogen) atoms. The number of aryl methyl sites for hydroxylation is 2. The van der Waals surface area contributed by atoms with E-state index in [2.05, 4.69) is 15.3 Å². The number of carbonyl (C=O) groups is 2. The summed E-state index contributed by atoms with van der Waals surface area (Å²) in [6, 6.07) is 0. The molecule has 1 aliphatic rings. The predicted molar refractivity (Wildman–Crippen MR) is 90.4 cm³/mol. The standard InChI is InChI=1S/C16H24N4O2S/c1-11-13(12(2)19-16(18-11)23-3)6-7-14(21)17-10-15(22)20-8-4-5-9-20/h4-10H2,1-3H3,(H,17,21). The first-order valence-electron chi connectivity index (χ1n) is 7.94. The lowest BCUT2D eigenvalue weighted by molar-refractivity contribution is -0.132. The molecule has 0 atom stereocenters. The first kappa shape index (κ1) is 17.7. The third kappa shape index (κ3) is 4.92. The molecule has 0 aromatic carbocycles. The van der Waals surface area contributed by atoms with Gasteiger partial charge in [-0.3, -0.25) is 9.59 Å². The molecule has 2 amide bonds. The van der Waals surface area contributed by atoms with Gasteiger partial charge in [-0.2, -0.15) is 0 Å². The van der Waals surface area contributed by atoms with E-state index in [1.165, 1.54) is 11.8 Å². The van der Waals surface area contributed by atoms with E-state index >= 15 is 0 Å². The summed E-state index contributed by atoms with van der Waals surface area (Å²) in [5, 5.41) is 3.47. The van der Waals surface area contributed by atoms with Gasteiger partial charge in [0.15, 0.2) is 5.16 Å². The molecule has 0 aliphatic carbocycles. The minimum atomic E-state index is -0.106. The molecule has 7 heteroatoms. The monoisotopic (exact) mass is 336 g/mol. The first-order chi connectivity index (χ1) is 11.0. The van der Waals surface area contributed by atoms with E-state index in [-0.39, 0.29) is 18.4 Å². The summed E-state index contributed by atoms with van der Waals surface area (Å²) in [5.74, 6) is -0.0962. The van der Waals surface area contributed by atoms with Crippen molar-refractivity contribution >= 4 is 23.6 Å². The van der Waals surface area contributed by atoms with E-state index in [1.54, 1.807) is 0 Å². The smallest absolute Gasteiger partial charge is 0.241 e. The lowest BCUT2D eigenvalue weighted by Crippen LogP contribution is -2.38. The number of likely N-dealkylation sites (tertiary alicyclic amines) is 1. The second-order valence-electron chi connectivity index (χ2n) is 5.72. The zero-order valence-corrected chi connectivity index (χ0v) is 14.8. The van der Waals surface area contributed by atoms with E-state index in [0.717, 1.165) is 48.0 Å². The summed E-state index contributed by atoms with van der Waals surface area (Å²) in [7, 11) is 0. The average molecular weight is 336 g/mol. The highest BCUT2D eigenvalue weighted by molar-refractivity contribution is 7.98. The maximum Gasteiger partial charge on any atom is 0.241 e. The van der Waals surface area contributed by atoms with Crippen LogP contribution in [0.5, 0.6) is 0 Å². The quantitative estimate of drug-likeness (QED) is 0.629. The molecule has 1 aromatic heterocycles. The third-order valence-electron chi connectivity index (χ3n) is 4.08. The summed E-state index contributed by atoms with van der Waals surface area (Å²) in [6.07, 6.45) is 5.00. The van der Waals surface area contributed by atoms with Gasteiger partial charge in [0.25, 0.3) is 0 Å². The van der Waals surface area contributed by atoms with Crippen LogP contribution < -0.4 is 5.32 Å². The highest BCUT2D eigenvalue weighted by Crippen LogP contribution is 2.17. The summed E-state index contributed by atoms with van der Waals surface area (Å²) in [4.78, 5) is 34.5. The molecule has 0 bridgehead atoms. The van der Waals surface area contributed by atoms with Crippen LogP contribution >= 0.6 is 11.8 Å². The van der Waals surface area contributed by atoms with Gasteiger partial charge in [-0.05, 0) is 44.9 Å². The van der Waals surface area contributed by atoms with Crippen LogP contribution in [0.3, 0.4) is 0 Å². The van der Waals surface area contributed by atoms with Crippen LogP contribution in [0.25, 0.3) is 0 Å². The van der Waals surface area contributed by atoms with Gasteiger partial charge in [0.05, 0.1) is 6.54 Å². The van der Waals surface area contributed by atoms with Gasteiger partial charge in [-0.25, -0.2) is 9.97 Å². The molecule has 126 valence electrons. The Morgan fingerprint density at radius 2 is 1.78 bits per heavy atom. The number of hydrogen-bond donors (Lipinski definition) is 1. The van der Waals surface area contributed by atoms with Crippen LogP contribution in [-0.2, 0) is 16.0 Å². The second-order valence-corrected chi connectivity index (χ2v) is 6.50. The van der Waals surface area contributed by atoms with Gasteiger partial charge in [0.2, 0.25) is 11.8 Å². The topological polar surface area (TPSA) is 75.2 Å². The van der Waals surface area contributed by atoms with E-state index in [9.17, 15) is 9.59 Å². The minimum absolute atomic E-state index is 0.0101. The normalized spacial score (nSPS) is 14.1. The van der Waals surface area contributed by atoms with E-state index in [1.807, 2.05) is 25.0 Å². The van der Waals surface area contributed by atoms with Crippen molar-refractivity contribution in [3.8, 4) is 0 Å². The zero-order valence-electron chi connectivity index (χ0n) is 14.0. The van der Waals surface area contributed by atoms with Gasteiger partial charge in [-0.1, -0.05) is 11.8 Å². The summed E-state index contributed by atoms with van der Waals surface area (Å²) in [6.45, 7) is 5.61. The van der Waals surface area contributed by atoms with Gasteiger partial charge in [0.1, 0.15) is 0 Å². The zero-order chi connectivity index (χ0) is 16.8. The van der Waals surface area contributed by atoms with Crippen molar-refractivity contribution < 1.29 is 9.59 Å². The predicted octanol–water partition coefficient (Wildman–Crippen LogP) is 1.49. The number of hydrogen-bond acceptors (Lipinski definition) is 5. The van der Waals surface area contributed by atoms with Crippen LogP contribution in [0.15, 0.2) is 5.16 Å². The van der Waals surface area contributed by atoms with Crippen LogP contribution in [0.1, 0.15) is 36.2 Å². The van der Waals surface area contributed by atoms with Crippen LogP contribution in [0.2, 0.25) is 0 Å². The fourth-order valence-corrected chi connectivity index (χ4v) is 3.20. The Morgan fingerprint density at radius 3 is 2.35 bits per heavy atom. The minimum Gasteiger partial charge on any atom is -0.347 e. The highest BCUT2D eigenvalue weighted by Gasteiger charge is 2.18. The second kappa shape index (κ2) is 8.29. The molecule has 1 saturated heterocycles. The fraction of sp³-hybridized carbons (Fsp3) is 0.625. The lowest BCUT2D eigenvalue weighted by Gasteiger charge is -2.15. The summed E-state index contributed by atoms with van der Waals surface area (Å²) in [5.41, 5.74) is 2.86. The Hall–Kier alpha value is -1.63. The molecular formula is C16H24N4O2S. The molecule has 2 rings (SSSR count). The van der Waals surface area contributed by atoms with Crippen molar-refractivity contribution in [2.45, 2.75) is 44.7 Å². The van der Waals surface area contributed by atoms with Gasteiger partial charge in [0, 0.05) is 30.9 Å². The molecule has 0 unspecified atom stereocenters. The maximum atomic E-state index is 12.0. The van der Waals surface area contributed by atoms with Crippen LogP contribution in [0.4, 0.5) is 0 Å². The van der Waals surface area contributed by atoms with Crippen molar-refractivity contribution in [1.82, 2.24) is 20.2 Å². The maximum absolute atomic E-state index is 12.0. The average Bonchev–Trinajstić information content (AvgIpc) is 3.06. The van der Waals surface area contributed by atoms with Crippen LogP contribution in [-0.4, -0.2) is 52.6 Å². The molecule has 0 spiro atoms. The van der Waals surface area contributed by atoms with Crippen LogP contribution in [0, 0.1) is 13.8 Å². The highest BCUT2D eigenvalue weighted by atomic mass is 32.2. The van der Waals surface area contributed by atoms with E-state index in [4.69, 9.17) is 0 Å². The Bertz CT molecular complexity index is 562. The first-order valence-corrected chi connectivity index (χ1v) is 9.16. The Labute approximate surface area is 141 Å². The number of carbonyl (C=O) groups excluding carboxylic acids is 2. The molecule has 1 aliphatic heterocycles. The Balaban J connectivity index is 1.81. The van der Waals surface area contributed by atoms with E-state index < -0.39 is 0 Å². The lowest BCUT2D eigenvalue weighted by atomic mass is 10.1. The molecule has 1 N–H and O–H groups in total. The number of rotatable bonds is 6. The molecular weight excluding hydrogens is 312 g/mol. The van der Waals surface area contributed by atoms with Gasteiger partial charge in [-0.15, -0.1) is 0 Å². The largest absolute Gasteiger partial charge is 0.347 e. The number of nitrogens with one attached hydrogen (secondary N) is 1. The van der Waals surface area contributed by atoms with Crippen molar-refractivity contribution in [3.05, 3.63) is 17.0 Å². The number of amides is 2. The van der Waals surface area contributed by atoms with Crippen molar-refractivity contribution in [1.29, 1.82) is 0 Å². The summed E-state index contributed by atoms with van der Waals surface area (Å²) < 4.78 is 0. The molecule has 1 aromatic rings. The van der Waals surface area contributed by atoms with E-state index in [0.29, 0.717) is 12.8 Å². The summed E-state index contributed by atoms with van der Waals surface area (Å²) >= 11 is 1.51. The SMILES string of the molecule is CSc1nc(C)c(CCC(=O)NCC(=O)N2CCCC2)c(C)n1. The Morgan fingerprint density at radius 1 is 1.17 bits per heavy atom. The van der Waals surface area contributed by atoms with Gasteiger partial charge >= 0.3 is 0 Å². The molecule has 6 nitrogen and oxygen atoms in total. The van der Waals surface area contributed by atoms with Crippen molar-refractivity contribution in [3.63, 3.8) is 0 Å². The third-order valence-corrected chi connectivity index (χ3v) is 4.63. The Kier molecular flexibility index (Phi) is 6.38. The van der Waals surface area contributed by atoms with Crippen molar-refractivity contribution in [2.75, 3.05) is 25.9 Å². The molecule has 0 radical (unpaired) electrons. The molecule has 1 fully saturated rings. The number of nitrogens with zero attached hydrogens (tertiary/aromatic N) is 3. The van der Waals surface area contributed by atoms with Crippen molar-refractivity contribution in [2.24, 2.45) is 0 Å². The van der Waals surface area contributed by atoms with Gasteiger partial charge < -0.3 is 10.2 Å². The molecule has 2 heterocycles. The number of aromatic nitrogens is 2. The number of thioether (sulfide) groups is 1.